The zero-order chi connectivity index (χ0) is 6.69. The van der Waals surface area contributed by atoms with Crippen molar-refractivity contribution in [1.29, 1.82) is 0 Å². The minimum atomic E-state index is 0.314. The summed E-state index contributed by atoms with van der Waals surface area (Å²) in [4.78, 5) is 0. The van der Waals surface area contributed by atoms with Gasteiger partial charge in [-0.3, -0.25) is 5.32 Å². The first-order chi connectivity index (χ1) is 4.33. The molecular weight excluding hydrogens is 114 g/mol. The van der Waals surface area contributed by atoms with Gasteiger partial charge in [-0.25, -0.2) is 0 Å². The molecule has 2 atom stereocenters. The molecule has 9 heavy (non-hydrogen) atoms. The molecule has 54 valence electrons. The quantitative estimate of drug-likeness (QED) is 0.573. The molecule has 1 aliphatic rings. The van der Waals surface area contributed by atoms with Crippen LogP contribution in [0.25, 0.3) is 0 Å². The van der Waals surface area contributed by atoms with Crippen LogP contribution in [0.3, 0.4) is 0 Å². The lowest BCUT2D eigenvalue weighted by molar-refractivity contribution is -0.0166. The third kappa shape index (κ3) is 1.95. The van der Waals surface area contributed by atoms with Crippen molar-refractivity contribution >= 4 is 0 Å². The Morgan fingerprint density at radius 1 is 1.67 bits per heavy atom. The van der Waals surface area contributed by atoms with Crippen molar-refractivity contribution < 1.29 is 4.74 Å². The molecule has 2 heteroatoms. The van der Waals surface area contributed by atoms with E-state index in [-0.39, 0.29) is 0 Å². The second-order valence-corrected chi connectivity index (χ2v) is 2.62. The Bertz CT molecular complexity index is 85.0. The van der Waals surface area contributed by atoms with Crippen molar-refractivity contribution in [3.63, 3.8) is 0 Å². The Morgan fingerprint density at radius 3 is 2.89 bits per heavy atom. The molecule has 2 nitrogen and oxygen atoms in total. The Labute approximate surface area is 56.6 Å². The number of nitrogens with one attached hydrogen (secondary N) is 1. The van der Waals surface area contributed by atoms with Crippen molar-refractivity contribution in [2.75, 3.05) is 6.61 Å². The lowest BCUT2D eigenvalue weighted by Gasteiger charge is -2.28. The summed E-state index contributed by atoms with van der Waals surface area (Å²) in [6, 6.07) is 0.642. The van der Waals surface area contributed by atoms with Crippen molar-refractivity contribution in [2.45, 2.75) is 39.0 Å². The molecule has 0 bridgehead atoms. The number of hydrogen-bond acceptors (Lipinski definition) is 2. The van der Waals surface area contributed by atoms with Gasteiger partial charge in [-0.05, 0) is 19.8 Å². The monoisotopic (exact) mass is 129 g/mol. The van der Waals surface area contributed by atoms with Gasteiger partial charge in [-0.15, -0.1) is 0 Å². The van der Waals surface area contributed by atoms with E-state index in [4.69, 9.17) is 4.74 Å². The zero-order valence-electron chi connectivity index (χ0n) is 6.18. The highest BCUT2D eigenvalue weighted by atomic mass is 16.5. The van der Waals surface area contributed by atoms with Gasteiger partial charge in [0.2, 0.25) is 0 Å². The summed E-state index contributed by atoms with van der Waals surface area (Å²) in [5, 5.41) is 3.34. The van der Waals surface area contributed by atoms with Crippen LogP contribution < -0.4 is 5.32 Å². The minimum Gasteiger partial charge on any atom is -0.363 e. The molecule has 0 aromatic carbocycles. The van der Waals surface area contributed by atoms with Crippen LogP contribution in [-0.4, -0.2) is 18.9 Å². The summed E-state index contributed by atoms with van der Waals surface area (Å²) in [5.74, 6) is 0. The highest BCUT2D eigenvalue weighted by Gasteiger charge is 2.15. The molecule has 2 unspecified atom stereocenters. The van der Waals surface area contributed by atoms with Crippen LogP contribution in [-0.2, 0) is 4.74 Å². The molecule has 0 aromatic heterocycles. The number of rotatable bonds is 1. The molecule has 0 saturated carbocycles. The van der Waals surface area contributed by atoms with E-state index in [1.165, 1.54) is 0 Å². The SMILES string of the molecule is CCC1NC(C)CCO1. The van der Waals surface area contributed by atoms with E-state index in [9.17, 15) is 0 Å². The van der Waals surface area contributed by atoms with Crippen molar-refractivity contribution in [2.24, 2.45) is 0 Å². The third-order valence-electron chi connectivity index (χ3n) is 1.71. The van der Waals surface area contributed by atoms with E-state index in [0.29, 0.717) is 12.3 Å². The van der Waals surface area contributed by atoms with Gasteiger partial charge in [0.05, 0.1) is 6.61 Å². The summed E-state index contributed by atoms with van der Waals surface area (Å²) < 4.78 is 5.39. The Hall–Kier alpha value is -0.0800. The van der Waals surface area contributed by atoms with Gasteiger partial charge in [0.15, 0.2) is 0 Å². The normalized spacial score (nSPS) is 36.7. The van der Waals surface area contributed by atoms with E-state index in [1.807, 2.05) is 0 Å². The van der Waals surface area contributed by atoms with Crippen LogP contribution in [0.2, 0.25) is 0 Å². The van der Waals surface area contributed by atoms with Crippen LogP contribution in [0.4, 0.5) is 0 Å². The van der Waals surface area contributed by atoms with Crippen LogP contribution in [0.5, 0.6) is 0 Å². The predicted molar refractivity (Wildman–Crippen MR) is 37.2 cm³/mol. The molecule has 0 amide bonds. The molecule has 1 fully saturated rings. The van der Waals surface area contributed by atoms with E-state index < -0.39 is 0 Å². The lowest BCUT2D eigenvalue weighted by Crippen LogP contribution is -2.43. The molecule has 0 aromatic rings. The highest BCUT2D eigenvalue weighted by Crippen LogP contribution is 2.05. The van der Waals surface area contributed by atoms with Gasteiger partial charge in [0.1, 0.15) is 6.23 Å². The second kappa shape index (κ2) is 3.18. The standard InChI is InChI=1S/C7H15NO/c1-3-7-8-6(2)4-5-9-7/h6-8H,3-5H2,1-2H3. The summed E-state index contributed by atoms with van der Waals surface area (Å²) in [6.45, 7) is 5.26. The first kappa shape index (κ1) is 7.03. The maximum atomic E-state index is 5.39. The van der Waals surface area contributed by atoms with Gasteiger partial charge in [-0.2, -0.15) is 0 Å². The number of ether oxygens (including phenoxy) is 1. The van der Waals surface area contributed by atoms with E-state index in [0.717, 1.165) is 19.4 Å². The van der Waals surface area contributed by atoms with E-state index >= 15 is 0 Å². The highest BCUT2D eigenvalue weighted by molar-refractivity contribution is 4.67. The molecular formula is C7H15NO. The molecule has 1 heterocycles. The fraction of sp³-hybridized carbons (Fsp3) is 1.00. The number of hydrogen-bond donors (Lipinski definition) is 1. The zero-order valence-corrected chi connectivity index (χ0v) is 6.18. The minimum absolute atomic E-state index is 0.314. The largest absolute Gasteiger partial charge is 0.363 e. The van der Waals surface area contributed by atoms with Crippen LogP contribution >= 0.6 is 0 Å². The fourth-order valence-electron chi connectivity index (χ4n) is 1.07. The lowest BCUT2D eigenvalue weighted by atomic mass is 10.2. The summed E-state index contributed by atoms with van der Waals surface area (Å²) in [5.41, 5.74) is 0. The van der Waals surface area contributed by atoms with Crippen LogP contribution in [0.15, 0.2) is 0 Å². The molecule has 0 radical (unpaired) electrons. The van der Waals surface area contributed by atoms with Crippen LogP contribution in [0, 0.1) is 0 Å². The van der Waals surface area contributed by atoms with Gasteiger partial charge >= 0.3 is 0 Å². The van der Waals surface area contributed by atoms with Gasteiger partial charge in [0.25, 0.3) is 0 Å². The van der Waals surface area contributed by atoms with E-state index in [1.54, 1.807) is 0 Å². The Balaban J connectivity index is 2.23. The summed E-state index contributed by atoms with van der Waals surface area (Å²) in [6.07, 6.45) is 2.54. The van der Waals surface area contributed by atoms with Crippen molar-refractivity contribution in [1.82, 2.24) is 5.32 Å². The molecule has 1 rings (SSSR count). The van der Waals surface area contributed by atoms with Crippen molar-refractivity contribution in [3.8, 4) is 0 Å². The van der Waals surface area contributed by atoms with Gasteiger partial charge < -0.3 is 4.74 Å². The summed E-state index contributed by atoms with van der Waals surface area (Å²) >= 11 is 0. The van der Waals surface area contributed by atoms with Crippen molar-refractivity contribution in [3.05, 3.63) is 0 Å². The van der Waals surface area contributed by atoms with E-state index in [2.05, 4.69) is 19.2 Å². The Kier molecular flexibility index (Phi) is 2.49. The third-order valence-corrected chi connectivity index (χ3v) is 1.71. The molecule has 0 spiro atoms. The molecule has 1 N–H and O–H groups in total. The molecule has 0 aliphatic carbocycles. The average Bonchev–Trinajstić information content (AvgIpc) is 1.88. The predicted octanol–water partition coefficient (Wildman–Crippen LogP) is 1.12. The Morgan fingerprint density at radius 2 is 2.44 bits per heavy atom. The second-order valence-electron chi connectivity index (χ2n) is 2.62. The maximum Gasteiger partial charge on any atom is 0.108 e. The first-order valence-corrected chi connectivity index (χ1v) is 3.70. The fourth-order valence-corrected chi connectivity index (χ4v) is 1.07. The molecule has 1 saturated heterocycles. The topological polar surface area (TPSA) is 21.3 Å². The van der Waals surface area contributed by atoms with Gasteiger partial charge in [-0.1, -0.05) is 6.92 Å². The molecule has 1 aliphatic heterocycles. The maximum absolute atomic E-state index is 5.39. The van der Waals surface area contributed by atoms with Crippen LogP contribution in [0.1, 0.15) is 26.7 Å². The first-order valence-electron chi connectivity index (χ1n) is 3.70. The smallest absolute Gasteiger partial charge is 0.108 e. The van der Waals surface area contributed by atoms with Gasteiger partial charge in [0, 0.05) is 6.04 Å². The average molecular weight is 129 g/mol. The summed E-state index contributed by atoms with van der Waals surface area (Å²) in [7, 11) is 0.